The van der Waals surface area contributed by atoms with Crippen LogP contribution in [0.25, 0.3) is 10.2 Å². The fourth-order valence-corrected chi connectivity index (χ4v) is 5.23. The van der Waals surface area contributed by atoms with Gasteiger partial charge < -0.3 is 14.4 Å². The maximum atomic E-state index is 13.6. The molecule has 1 amide bonds. The third kappa shape index (κ3) is 5.14. The Hall–Kier alpha value is -2.00. The number of ether oxygens (including phenoxy) is 2. The van der Waals surface area contributed by atoms with Crippen molar-refractivity contribution in [1.29, 1.82) is 0 Å². The molecule has 9 heteroatoms. The molecule has 32 heavy (non-hydrogen) atoms. The van der Waals surface area contributed by atoms with Crippen LogP contribution in [0.3, 0.4) is 0 Å². The van der Waals surface area contributed by atoms with Crippen molar-refractivity contribution in [3.8, 4) is 11.5 Å². The average Bonchev–Trinajstić information content (AvgIpc) is 3.25. The lowest BCUT2D eigenvalue weighted by atomic mass is 10.1. The quantitative estimate of drug-likeness (QED) is 0.402. The first-order valence-corrected chi connectivity index (χ1v) is 12.6. The predicted octanol–water partition coefficient (Wildman–Crippen LogP) is 5.20. The first-order valence-electron chi connectivity index (χ1n) is 10.5. The lowest BCUT2D eigenvalue weighted by Crippen LogP contribution is -2.39. The van der Waals surface area contributed by atoms with E-state index in [4.69, 9.17) is 14.5 Å². The molecule has 0 aliphatic carbocycles. The van der Waals surface area contributed by atoms with Crippen molar-refractivity contribution in [1.82, 2.24) is 9.88 Å². The monoisotopic (exact) mass is 493 g/mol. The molecule has 0 unspecified atom stereocenters. The number of para-hydroxylation sites is 1. The van der Waals surface area contributed by atoms with E-state index in [-0.39, 0.29) is 18.3 Å². The Kier molecular flexibility index (Phi) is 8.64. The van der Waals surface area contributed by atoms with Crippen molar-refractivity contribution in [2.24, 2.45) is 0 Å². The van der Waals surface area contributed by atoms with Gasteiger partial charge in [-0.3, -0.25) is 9.69 Å². The van der Waals surface area contributed by atoms with E-state index < -0.39 is 0 Å². The number of thioether (sulfide) groups is 1. The largest absolute Gasteiger partial charge is 0.486 e. The van der Waals surface area contributed by atoms with Gasteiger partial charge in [-0.1, -0.05) is 31.3 Å². The van der Waals surface area contributed by atoms with Crippen LogP contribution in [-0.2, 0) is 0 Å². The van der Waals surface area contributed by atoms with Crippen molar-refractivity contribution in [3.63, 3.8) is 0 Å². The molecule has 1 aliphatic heterocycles. The number of aromatic nitrogens is 1. The Morgan fingerprint density at radius 1 is 1.09 bits per heavy atom. The van der Waals surface area contributed by atoms with Crippen LogP contribution in [0.4, 0.5) is 5.13 Å². The van der Waals surface area contributed by atoms with E-state index in [0.29, 0.717) is 36.8 Å². The minimum atomic E-state index is -0.0751. The fraction of sp³-hybridized carbons (Fsp3) is 0.391. The Morgan fingerprint density at radius 3 is 2.56 bits per heavy atom. The SMILES string of the molecule is CCN(CC)CCN(C(=O)c1ccc2c(c1)OCCO2)c1nc2c(SC)cccc2s1.Cl. The van der Waals surface area contributed by atoms with Crippen LogP contribution in [0, 0.1) is 0 Å². The molecule has 1 aliphatic rings. The molecule has 0 bridgehead atoms. The number of anilines is 1. The highest BCUT2D eigenvalue weighted by molar-refractivity contribution is 7.98. The lowest BCUT2D eigenvalue weighted by Gasteiger charge is -2.25. The Balaban J connectivity index is 0.00000289. The molecule has 3 aromatic rings. The third-order valence-electron chi connectivity index (χ3n) is 5.39. The second-order valence-electron chi connectivity index (χ2n) is 7.15. The van der Waals surface area contributed by atoms with Gasteiger partial charge in [0.05, 0.1) is 10.2 Å². The number of thiazole rings is 1. The maximum absolute atomic E-state index is 13.6. The number of carbonyl (C=O) groups is 1. The summed E-state index contributed by atoms with van der Waals surface area (Å²) in [4.78, 5) is 23.7. The van der Waals surface area contributed by atoms with Crippen LogP contribution in [0.1, 0.15) is 24.2 Å². The topological polar surface area (TPSA) is 54.9 Å². The number of rotatable bonds is 8. The standard InChI is InChI=1S/C23H27N3O3S2.ClH/c1-4-25(5-2)11-12-26(23-24-21-19(30-3)7-6-8-20(21)31-23)22(27)16-9-10-17-18(15-16)29-14-13-28-17;/h6-10,15H,4-5,11-14H2,1-3H3;1H. The van der Waals surface area contributed by atoms with Gasteiger partial charge in [-0.2, -0.15) is 0 Å². The molecule has 0 radical (unpaired) electrons. The van der Waals surface area contributed by atoms with Gasteiger partial charge in [0.2, 0.25) is 0 Å². The summed E-state index contributed by atoms with van der Waals surface area (Å²) in [6.07, 6.45) is 2.05. The molecule has 0 spiro atoms. The normalized spacial score (nSPS) is 12.6. The molecule has 0 atom stereocenters. The second-order valence-corrected chi connectivity index (χ2v) is 9.00. The van der Waals surface area contributed by atoms with Crippen molar-refractivity contribution >= 4 is 56.8 Å². The minimum Gasteiger partial charge on any atom is -0.486 e. The summed E-state index contributed by atoms with van der Waals surface area (Å²) in [6, 6.07) is 11.6. The van der Waals surface area contributed by atoms with E-state index in [1.54, 1.807) is 40.1 Å². The molecule has 6 nitrogen and oxygen atoms in total. The lowest BCUT2D eigenvalue weighted by molar-refractivity contribution is 0.0982. The average molecular weight is 494 g/mol. The van der Waals surface area contributed by atoms with Crippen LogP contribution in [0.2, 0.25) is 0 Å². The maximum Gasteiger partial charge on any atom is 0.260 e. The van der Waals surface area contributed by atoms with Gasteiger partial charge >= 0.3 is 0 Å². The van der Waals surface area contributed by atoms with Crippen LogP contribution >= 0.6 is 35.5 Å². The highest BCUT2D eigenvalue weighted by Gasteiger charge is 2.24. The summed E-state index contributed by atoms with van der Waals surface area (Å²) in [5.74, 6) is 1.23. The summed E-state index contributed by atoms with van der Waals surface area (Å²) in [6.45, 7) is 8.54. The minimum absolute atomic E-state index is 0. The number of fused-ring (bicyclic) bond motifs is 2. The van der Waals surface area contributed by atoms with Gasteiger partial charge in [-0.15, -0.1) is 24.2 Å². The Bertz CT molecular complexity index is 1070. The Morgan fingerprint density at radius 2 is 1.84 bits per heavy atom. The van der Waals surface area contributed by atoms with E-state index >= 15 is 0 Å². The van der Waals surface area contributed by atoms with Crippen molar-refractivity contribution in [2.75, 3.05) is 50.5 Å². The molecule has 172 valence electrons. The fourth-order valence-electron chi connectivity index (χ4n) is 3.59. The van der Waals surface area contributed by atoms with Crippen molar-refractivity contribution in [2.45, 2.75) is 18.7 Å². The number of carbonyl (C=O) groups excluding carboxylic acids is 1. The predicted molar refractivity (Wildman–Crippen MR) is 136 cm³/mol. The van der Waals surface area contributed by atoms with Crippen LogP contribution < -0.4 is 14.4 Å². The van der Waals surface area contributed by atoms with Gasteiger partial charge in [-0.25, -0.2) is 4.98 Å². The number of likely N-dealkylation sites (N-methyl/N-ethyl adjacent to an activating group) is 1. The number of nitrogens with zero attached hydrogens (tertiary/aromatic N) is 3. The first kappa shape index (κ1) is 24.6. The summed E-state index contributed by atoms with van der Waals surface area (Å²) in [5, 5.41) is 0.726. The smallest absolute Gasteiger partial charge is 0.260 e. The molecular formula is C23H28ClN3O3S2. The number of halogens is 1. The van der Waals surface area contributed by atoms with Crippen LogP contribution in [-0.4, -0.2) is 61.4 Å². The van der Waals surface area contributed by atoms with Crippen LogP contribution in [0.5, 0.6) is 11.5 Å². The van der Waals surface area contributed by atoms with E-state index in [1.165, 1.54) is 0 Å². The highest BCUT2D eigenvalue weighted by atomic mass is 35.5. The van der Waals surface area contributed by atoms with Crippen molar-refractivity contribution in [3.05, 3.63) is 42.0 Å². The summed E-state index contributed by atoms with van der Waals surface area (Å²) >= 11 is 3.23. The Labute approximate surface area is 203 Å². The number of hydrogen-bond acceptors (Lipinski definition) is 7. The zero-order valence-electron chi connectivity index (χ0n) is 18.5. The first-order chi connectivity index (χ1) is 15.1. The van der Waals surface area contributed by atoms with E-state index in [2.05, 4.69) is 30.9 Å². The molecule has 0 fully saturated rings. The molecule has 2 aromatic carbocycles. The molecule has 0 N–H and O–H groups in total. The number of benzene rings is 2. The second kappa shape index (κ2) is 11.2. The van der Waals surface area contributed by atoms with Gasteiger partial charge in [0.1, 0.15) is 13.2 Å². The van der Waals surface area contributed by atoms with Crippen molar-refractivity contribution < 1.29 is 14.3 Å². The molecule has 4 rings (SSSR count). The molecular weight excluding hydrogens is 466 g/mol. The summed E-state index contributed by atoms with van der Waals surface area (Å²) in [5.41, 5.74) is 1.53. The third-order valence-corrected chi connectivity index (χ3v) is 7.20. The highest BCUT2D eigenvalue weighted by Crippen LogP contribution is 2.36. The molecule has 2 heterocycles. The molecule has 0 saturated carbocycles. The zero-order valence-corrected chi connectivity index (χ0v) is 20.9. The van der Waals surface area contributed by atoms with Gasteiger partial charge in [0.25, 0.3) is 5.91 Å². The number of hydrogen-bond donors (Lipinski definition) is 0. The zero-order chi connectivity index (χ0) is 21.8. The van der Waals surface area contributed by atoms with Gasteiger partial charge in [-0.05, 0) is 49.7 Å². The van der Waals surface area contributed by atoms with E-state index in [9.17, 15) is 4.79 Å². The van der Waals surface area contributed by atoms with Crippen LogP contribution in [0.15, 0.2) is 41.3 Å². The molecule has 1 aromatic heterocycles. The summed E-state index contributed by atoms with van der Waals surface area (Å²) in [7, 11) is 0. The van der Waals surface area contributed by atoms with E-state index in [1.807, 2.05) is 18.4 Å². The summed E-state index contributed by atoms with van der Waals surface area (Å²) < 4.78 is 12.4. The molecule has 0 saturated heterocycles. The number of amides is 1. The van der Waals surface area contributed by atoms with Gasteiger partial charge in [0, 0.05) is 23.5 Å². The van der Waals surface area contributed by atoms with E-state index in [0.717, 1.165) is 39.9 Å². The van der Waals surface area contributed by atoms with Gasteiger partial charge in [0.15, 0.2) is 16.6 Å².